The van der Waals surface area contributed by atoms with Gasteiger partial charge in [-0.05, 0) is 62.3 Å². The van der Waals surface area contributed by atoms with Crippen LogP contribution in [0.15, 0.2) is 53.5 Å². The standard InChI is InChI=1S/C25H29N5O3S/c1-17(31)18-3-5-19(6-4-18)27-25(34)28-20-9-11-29(12-10-20)13-14-30-23-15-21(33-2)16-26-22(23)7-8-24(30)32/h3-8,15-16,20H,9-14H2,1-2H3,(H2,27,28,34). The molecule has 4 rings (SSSR count). The first kappa shape index (κ1) is 23.8. The molecule has 1 aliphatic rings. The number of carbonyl (C=O) groups excluding carboxylic acids is 1. The number of pyridine rings is 2. The number of carbonyl (C=O) groups is 1. The number of hydrogen-bond donors (Lipinski definition) is 2. The molecule has 0 aliphatic carbocycles. The molecular formula is C25H29N5O3S. The molecule has 0 atom stereocenters. The number of nitrogens with one attached hydrogen (secondary N) is 2. The Balaban J connectivity index is 1.27. The Hall–Kier alpha value is -3.30. The van der Waals surface area contributed by atoms with Gasteiger partial charge in [-0.25, -0.2) is 0 Å². The smallest absolute Gasteiger partial charge is 0.251 e. The number of benzene rings is 1. The summed E-state index contributed by atoms with van der Waals surface area (Å²) in [5.74, 6) is 0.679. The molecule has 0 amide bonds. The maximum atomic E-state index is 12.5. The van der Waals surface area contributed by atoms with Crippen LogP contribution in [-0.2, 0) is 6.54 Å². The van der Waals surface area contributed by atoms with E-state index in [9.17, 15) is 9.59 Å². The van der Waals surface area contributed by atoms with E-state index in [1.165, 1.54) is 0 Å². The molecule has 2 aromatic heterocycles. The molecule has 9 heteroatoms. The molecule has 0 spiro atoms. The zero-order chi connectivity index (χ0) is 24.1. The largest absolute Gasteiger partial charge is 0.495 e. The van der Waals surface area contributed by atoms with Gasteiger partial charge in [0.15, 0.2) is 10.9 Å². The molecule has 1 aromatic carbocycles. The third-order valence-electron chi connectivity index (χ3n) is 6.16. The summed E-state index contributed by atoms with van der Waals surface area (Å²) in [6.45, 7) is 4.78. The molecule has 0 radical (unpaired) electrons. The van der Waals surface area contributed by atoms with Gasteiger partial charge in [-0.3, -0.25) is 14.6 Å². The molecule has 3 aromatic rings. The van der Waals surface area contributed by atoms with E-state index in [1.54, 1.807) is 49.1 Å². The van der Waals surface area contributed by atoms with E-state index in [4.69, 9.17) is 17.0 Å². The Bertz CT molecular complexity index is 1230. The van der Waals surface area contributed by atoms with Crippen LogP contribution in [-0.4, -0.2) is 58.1 Å². The highest BCUT2D eigenvalue weighted by atomic mass is 32.1. The number of likely N-dealkylation sites (tertiary alicyclic amines) is 1. The summed E-state index contributed by atoms with van der Waals surface area (Å²) >= 11 is 5.47. The van der Waals surface area contributed by atoms with Crippen LogP contribution in [0.3, 0.4) is 0 Å². The number of rotatable bonds is 7. The zero-order valence-corrected chi connectivity index (χ0v) is 20.2. The minimum Gasteiger partial charge on any atom is -0.495 e. The fraction of sp³-hybridized carbons (Fsp3) is 0.360. The predicted molar refractivity (Wildman–Crippen MR) is 138 cm³/mol. The van der Waals surface area contributed by atoms with Crippen molar-refractivity contribution in [2.75, 3.05) is 32.1 Å². The summed E-state index contributed by atoms with van der Waals surface area (Å²) in [5, 5.41) is 7.16. The van der Waals surface area contributed by atoms with Gasteiger partial charge < -0.3 is 24.8 Å². The molecular weight excluding hydrogens is 450 g/mol. The van der Waals surface area contributed by atoms with Gasteiger partial charge in [-0.1, -0.05) is 0 Å². The number of Topliss-reactive ketones (excluding diaryl/α,β-unsaturated/α-hetero) is 1. The molecule has 8 nitrogen and oxygen atoms in total. The van der Waals surface area contributed by atoms with Gasteiger partial charge in [-0.2, -0.15) is 0 Å². The molecule has 1 fully saturated rings. The average molecular weight is 480 g/mol. The molecule has 34 heavy (non-hydrogen) atoms. The lowest BCUT2D eigenvalue weighted by Crippen LogP contribution is -2.46. The van der Waals surface area contributed by atoms with E-state index in [2.05, 4.69) is 20.5 Å². The van der Waals surface area contributed by atoms with Gasteiger partial charge in [0.1, 0.15) is 5.75 Å². The topological polar surface area (TPSA) is 88.5 Å². The monoisotopic (exact) mass is 479 g/mol. The number of anilines is 1. The quantitative estimate of drug-likeness (QED) is 0.395. The second-order valence-corrected chi connectivity index (χ2v) is 8.86. The van der Waals surface area contributed by atoms with Crippen molar-refractivity contribution in [2.45, 2.75) is 32.4 Å². The van der Waals surface area contributed by atoms with E-state index in [-0.39, 0.29) is 11.3 Å². The first-order valence-electron chi connectivity index (χ1n) is 11.4. The molecule has 0 saturated carbocycles. The van der Waals surface area contributed by atoms with Crippen LogP contribution in [0.5, 0.6) is 5.75 Å². The van der Waals surface area contributed by atoms with Crippen LogP contribution in [0.2, 0.25) is 0 Å². The summed E-state index contributed by atoms with van der Waals surface area (Å²) in [5.41, 5.74) is 3.06. The lowest BCUT2D eigenvalue weighted by molar-refractivity contribution is 0.101. The van der Waals surface area contributed by atoms with Crippen molar-refractivity contribution < 1.29 is 9.53 Å². The van der Waals surface area contributed by atoms with Crippen molar-refractivity contribution in [1.29, 1.82) is 0 Å². The number of hydrogen-bond acceptors (Lipinski definition) is 6. The van der Waals surface area contributed by atoms with E-state index in [0.29, 0.717) is 29.0 Å². The number of ketones is 1. The fourth-order valence-electron chi connectivity index (χ4n) is 4.17. The van der Waals surface area contributed by atoms with Crippen LogP contribution in [0.4, 0.5) is 5.69 Å². The maximum Gasteiger partial charge on any atom is 0.251 e. The molecule has 3 heterocycles. The Morgan fingerprint density at radius 2 is 1.88 bits per heavy atom. The summed E-state index contributed by atoms with van der Waals surface area (Å²) in [7, 11) is 1.60. The van der Waals surface area contributed by atoms with E-state index < -0.39 is 0 Å². The average Bonchev–Trinajstić information content (AvgIpc) is 2.84. The van der Waals surface area contributed by atoms with Gasteiger partial charge in [0.25, 0.3) is 5.56 Å². The number of nitrogens with zero attached hydrogens (tertiary/aromatic N) is 3. The first-order chi connectivity index (χ1) is 16.4. The number of ether oxygens (including phenoxy) is 1. The Morgan fingerprint density at radius 3 is 2.56 bits per heavy atom. The lowest BCUT2D eigenvalue weighted by atomic mass is 10.1. The minimum absolute atomic E-state index is 0.0353. The maximum absolute atomic E-state index is 12.5. The zero-order valence-electron chi connectivity index (χ0n) is 19.4. The highest BCUT2D eigenvalue weighted by Gasteiger charge is 2.20. The molecule has 178 valence electrons. The van der Waals surface area contributed by atoms with Gasteiger partial charge in [-0.15, -0.1) is 0 Å². The summed E-state index contributed by atoms with van der Waals surface area (Å²) < 4.78 is 7.05. The Kier molecular flexibility index (Phi) is 7.54. The van der Waals surface area contributed by atoms with E-state index in [0.717, 1.165) is 49.2 Å². The van der Waals surface area contributed by atoms with Crippen LogP contribution in [0.25, 0.3) is 11.0 Å². The van der Waals surface area contributed by atoms with Crippen LogP contribution in [0.1, 0.15) is 30.1 Å². The van der Waals surface area contributed by atoms with Crippen LogP contribution < -0.4 is 20.9 Å². The number of thiocarbonyl (C=S) groups is 1. The van der Waals surface area contributed by atoms with Crippen molar-refractivity contribution in [1.82, 2.24) is 19.8 Å². The lowest BCUT2D eigenvalue weighted by Gasteiger charge is -2.33. The minimum atomic E-state index is -0.0353. The highest BCUT2D eigenvalue weighted by molar-refractivity contribution is 7.80. The SMILES string of the molecule is COc1cnc2ccc(=O)n(CCN3CCC(NC(=S)Nc4ccc(C(C)=O)cc4)CC3)c2c1. The third-order valence-corrected chi connectivity index (χ3v) is 6.38. The summed E-state index contributed by atoms with van der Waals surface area (Å²) in [4.78, 5) is 30.7. The molecule has 0 bridgehead atoms. The Morgan fingerprint density at radius 1 is 1.15 bits per heavy atom. The molecule has 0 unspecified atom stereocenters. The van der Waals surface area contributed by atoms with Crippen LogP contribution >= 0.6 is 12.2 Å². The number of fused-ring (bicyclic) bond motifs is 1. The van der Waals surface area contributed by atoms with E-state index >= 15 is 0 Å². The van der Waals surface area contributed by atoms with Crippen LogP contribution in [0, 0.1) is 0 Å². The molecule has 2 N–H and O–H groups in total. The first-order valence-corrected chi connectivity index (χ1v) is 11.8. The summed E-state index contributed by atoms with van der Waals surface area (Å²) in [6.07, 6.45) is 3.59. The molecule has 1 aliphatic heterocycles. The predicted octanol–water partition coefficient (Wildman–Crippen LogP) is 3.06. The van der Waals surface area contributed by atoms with Gasteiger partial charge >= 0.3 is 0 Å². The normalized spacial score (nSPS) is 14.6. The van der Waals surface area contributed by atoms with Gasteiger partial charge in [0.2, 0.25) is 0 Å². The second-order valence-electron chi connectivity index (χ2n) is 8.45. The van der Waals surface area contributed by atoms with Crippen molar-refractivity contribution in [3.63, 3.8) is 0 Å². The van der Waals surface area contributed by atoms with Crippen molar-refractivity contribution in [2.24, 2.45) is 0 Å². The van der Waals surface area contributed by atoms with Crippen molar-refractivity contribution in [3.05, 3.63) is 64.6 Å². The summed E-state index contributed by atoms with van der Waals surface area (Å²) in [6, 6.07) is 12.8. The number of piperidine rings is 1. The van der Waals surface area contributed by atoms with Gasteiger partial charge in [0.05, 0.1) is 24.3 Å². The Labute approximate surface area is 203 Å². The number of methoxy groups -OCH3 is 1. The molecule has 1 saturated heterocycles. The fourth-order valence-corrected chi connectivity index (χ4v) is 4.46. The second kappa shape index (κ2) is 10.8. The highest BCUT2D eigenvalue weighted by Crippen LogP contribution is 2.17. The van der Waals surface area contributed by atoms with Crippen molar-refractivity contribution >= 4 is 39.8 Å². The van der Waals surface area contributed by atoms with Gasteiger partial charge in [0, 0.05) is 55.6 Å². The number of aromatic nitrogens is 2. The van der Waals surface area contributed by atoms with Crippen molar-refractivity contribution in [3.8, 4) is 5.75 Å². The third kappa shape index (κ3) is 5.78. The van der Waals surface area contributed by atoms with E-state index in [1.807, 2.05) is 18.2 Å².